The second-order valence-electron chi connectivity index (χ2n) is 6.25. The first kappa shape index (κ1) is 15.8. The Balaban J connectivity index is 1.96. The van der Waals surface area contributed by atoms with E-state index in [-0.39, 0.29) is 0 Å². The van der Waals surface area contributed by atoms with E-state index < -0.39 is 0 Å². The first-order chi connectivity index (χ1) is 10.1. The highest BCUT2D eigenvalue weighted by Gasteiger charge is 2.24. The molecule has 0 bridgehead atoms. The minimum atomic E-state index is 0.515. The van der Waals surface area contributed by atoms with Crippen LogP contribution in [0.4, 0.5) is 0 Å². The molecule has 1 saturated carbocycles. The van der Waals surface area contributed by atoms with Gasteiger partial charge in [0.2, 0.25) is 0 Å². The molecule has 21 heavy (non-hydrogen) atoms. The van der Waals surface area contributed by atoms with Crippen molar-refractivity contribution in [1.29, 1.82) is 0 Å². The van der Waals surface area contributed by atoms with E-state index in [2.05, 4.69) is 46.5 Å². The number of hydrogen-bond acceptors (Lipinski definition) is 3. The number of aryl methyl sites for hydroxylation is 1. The van der Waals surface area contributed by atoms with Crippen LogP contribution in [0.5, 0.6) is 0 Å². The third kappa shape index (κ3) is 4.72. The van der Waals surface area contributed by atoms with Crippen LogP contribution in [-0.2, 0) is 13.6 Å². The largest absolute Gasteiger partial charge is 0.357 e. The monoisotopic (exact) mass is 292 g/mol. The SMILES string of the molecule is CCNC(=NCc1ncnn1C)NC1CC(C)CC(C)C1. The summed E-state index contributed by atoms with van der Waals surface area (Å²) in [4.78, 5) is 8.84. The van der Waals surface area contributed by atoms with Crippen molar-refractivity contribution < 1.29 is 0 Å². The zero-order valence-electron chi connectivity index (χ0n) is 13.6. The highest BCUT2D eigenvalue weighted by atomic mass is 15.3. The quantitative estimate of drug-likeness (QED) is 0.655. The van der Waals surface area contributed by atoms with Crippen molar-refractivity contribution in [2.24, 2.45) is 23.9 Å². The van der Waals surface area contributed by atoms with Crippen molar-refractivity contribution in [3.05, 3.63) is 12.2 Å². The van der Waals surface area contributed by atoms with E-state index >= 15 is 0 Å². The van der Waals surface area contributed by atoms with Gasteiger partial charge in [-0.05, 0) is 38.0 Å². The number of rotatable bonds is 4. The van der Waals surface area contributed by atoms with Crippen molar-refractivity contribution in [2.75, 3.05) is 6.54 Å². The summed E-state index contributed by atoms with van der Waals surface area (Å²) in [5.74, 6) is 3.32. The topological polar surface area (TPSA) is 67.1 Å². The van der Waals surface area contributed by atoms with Gasteiger partial charge in [0.1, 0.15) is 18.7 Å². The molecule has 1 aromatic rings. The second-order valence-corrected chi connectivity index (χ2v) is 6.25. The molecular weight excluding hydrogens is 264 g/mol. The van der Waals surface area contributed by atoms with E-state index in [9.17, 15) is 0 Å². The van der Waals surface area contributed by atoms with Gasteiger partial charge in [-0.1, -0.05) is 13.8 Å². The van der Waals surface area contributed by atoms with Gasteiger partial charge in [-0.25, -0.2) is 9.98 Å². The summed E-state index contributed by atoms with van der Waals surface area (Å²) in [7, 11) is 1.89. The van der Waals surface area contributed by atoms with E-state index in [1.807, 2.05) is 7.05 Å². The Morgan fingerprint density at radius 2 is 2.05 bits per heavy atom. The highest BCUT2D eigenvalue weighted by molar-refractivity contribution is 5.80. The van der Waals surface area contributed by atoms with Gasteiger partial charge in [0.05, 0.1) is 0 Å². The predicted octanol–water partition coefficient (Wildman–Crippen LogP) is 1.69. The van der Waals surface area contributed by atoms with E-state index in [4.69, 9.17) is 0 Å². The maximum Gasteiger partial charge on any atom is 0.191 e. The Labute approximate surface area is 127 Å². The third-order valence-electron chi connectivity index (χ3n) is 4.05. The molecule has 1 aliphatic carbocycles. The van der Waals surface area contributed by atoms with Crippen molar-refractivity contribution in [3.63, 3.8) is 0 Å². The molecular formula is C15H28N6. The molecule has 0 amide bonds. The lowest BCUT2D eigenvalue weighted by molar-refractivity contribution is 0.255. The Kier molecular flexibility index (Phi) is 5.59. The molecule has 2 rings (SSSR count). The average Bonchev–Trinajstić information content (AvgIpc) is 2.80. The Bertz CT molecular complexity index is 456. The van der Waals surface area contributed by atoms with E-state index in [1.54, 1.807) is 11.0 Å². The van der Waals surface area contributed by atoms with Crippen LogP contribution in [-0.4, -0.2) is 33.3 Å². The van der Waals surface area contributed by atoms with Crippen LogP contribution in [0.1, 0.15) is 45.9 Å². The summed E-state index contributed by atoms with van der Waals surface area (Å²) >= 11 is 0. The summed E-state index contributed by atoms with van der Waals surface area (Å²) in [6.45, 7) is 8.18. The second kappa shape index (κ2) is 7.43. The molecule has 6 heteroatoms. The van der Waals surface area contributed by atoms with Crippen LogP contribution in [0, 0.1) is 11.8 Å². The van der Waals surface area contributed by atoms with Crippen molar-refractivity contribution in [1.82, 2.24) is 25.4 Å². The fraction of sp³-hybridized carbons (Fsp3) is 0.800. The van der Waals surface area contributed by atoms with Gasteiger partial charge in [0.15, 0.2) is 5.96 Å². The van der Waals surface area contributed by atoms with Gasteiger partial charge in [-0.2, -0.15) is 5.10 Å². The molecule has 1 heterocycles. The zero-order valence-corrected chi connectivity index (χ0v) is 13.6. The first-order valence-electron chi connectivity index (χ1n) is 7.96. The lowest BCUT2D eigenvalue weighted by Gasteiger charge is -2.32. The number of nitrogens with one attached hydrogen (secondary N) is 2. The third-order valence-corrected chi connectivity index (χ3v) is 4.05. The smallest absolute Gasteiger partial charge is 0.191 e. The van der Waals surface area contributed by atoms with Crippen LogP contribution in [0.15, 0.2) is 11.3 Å². The maximum atomic E-state index is 4.63. The molecule has 2 N–H and O–H groups in total. The fourth-order valence-corrected chi connectivity index (χ4v) is 3.19. The molecule has 0 spiro atoms. The van der Waals surface area contributed by atoms with Gasteiger partial charge in [0.25, 0.3) is 0 Å². The van der Waals surface area contributed by atoms with Crippen molar-refractivity contribution in [2.45, 2.75) is 52.6 Å². The van der Waals surface area contributed by atoms with E-state index in [0.717, 1.165) is 30.2 Å². The number of aliphatic imine (C=N–C) groups is 1. The van der Waals surface area contributed by atoms with Crippen LogP contribution in [0.2, 0.25) is 0 Å². The van der Waals surface area contributed by atoms with Crippen LogP contribution in [0.3, 0.4) is 0 Å². The van der Waals surface area contributed by atoms with Crippen molar-refractivity contribution >= 4 is 5.96 Å². The molecule has 0 radical (unpaired) electrons. The predicted molar refractivity (Wildman–Crippen MR) is 84.9 cm³/mol. The van der Waals surface area contributed by atoms with Crippen LogP contribution >= 0.6 is 0 Å². The van der Waals surface area contributed by atoms with Crippen LogP contribution in [0.25, 0.3) is 0 Å². The van der Waals surface area contributed by atoms with Gasteiger partial charge >= 0.3 is 0 Å². The van der Waals surface area contributed by atoms with Gasteiger partial charge in [-0.3, -0.25) is 4.68 Å². The average molecular weight is 292 g/mol. The Hall–Kier alpha value is -1.59. The fourth-order valence-electron chi connectivity index (χ4n) is 3.19. The molecule has 6 nitrogen and oxygen atoms in total. The molecule has 0 aromatic carbocycles. The molecule has 0 saturated heterocycles. The molecule has 2 atom stereocenters. The summed E-state index contributed by atoms with van der Waals surface area (Å²) in [5.41, 5.74) is 0. The standard InChI is InChI=1S/C15H28N6/c1-5-16-15(17-9-14-18-10-19-21(14)4)20-13-7-11(2)6-12(3)8-13/h10-13H,5-9H2,1-4H3,(H2,16,17,20). The molecule has 0 aliphatic heterocycles. The number of guanidine groups is 1. The lowest BCUT2D eigenvalue weighted by Crippen LogP contribution is -2.46. The minimum Gasteiger partial charge on any atom is -0.357 e. The van der Waals surface area contributed by atoms with Gasteiger partial charge in [0, 0.05) is 19.6 Å². The normalized spacial score (nSPS) is 26.7. The summed E-state index contributed by atoms with van der Waals surface area (Å²) in [5, 5.41) is 11.0. The molecule has 1 aliphatic rings. The van der Waals surface area contributed by atoms with Gasteiger partial charge < -0.3 is 10.6 Å². The number of hydrogen-bond donors (Lipinski definition) is 2. The first-order valence-corrected chi connectivity index (χ1v) is 7.96. The van der Waals surface area contributed by atoms with Crippen molar-refractivity contribution in [3.8, 4) is 0 Å². The molecule has 2 unspecified atom stereocenters. The number of nitrogens with zero attached hydrogens (tertiary/aromatic N) is 4. The maximum absolute atomic E-state index is 4.63. The lowest BCUT2D eigenvalue weighted by atomic mass is 9.80. The van der Waals surface area contributed by atoms with Gasteiger partial charge in [-0.15, -0.1) is 0 Å². The zero-order chi connectivity index (χ0) is 15.2. The number of aromatic nitrogens is 3. The molecule has 118 valence electrons. The van der Waals surface area contributed by atoms with E-state index in [0.29, 0.717) is 12.6 Å². The summed E-state index contributed by atoms with van der Waals surface area (Å²) in [6, 6.07) is 0.515. The molecule has 1 fully saturated rings. The summed E-state index contributed by atoms with van der Waals surface area (Å²) in [6.07, 6.45) is 5.35. The Morgan fingerprint density at radius 3 is 2.62 bits per heavy atom. The van der Waals surface area contributed by atoms with Crippen LogP contribution < -0.4 is 10.6 Å². The highest BCUT2D eigenvalue weighted by Crippen LogP contribution is 2.28. The molecule has 1 aromatic heterocycles. The summed E-state index contributed by atoms with van der Waals surface area (Å²) < 4.78 is 1.76. The minimum absolute atomic E-state index is 0.515. The Morgan fingerprint density at radius 1 is 1.33 bits per heavy atom. The van der Waals surface area contributed by atoms with E-state index in [1.165, 1.54) is 19.3 Å².